The lowest BCUT2D eigenvalue weighted by molar-refractivity contribution is 0.0918. The highest BCUT2D eigenvalue weighted by molar-refractivity contribution is 7.88. The number of halogens is 1. The van der Waals surface area contributed by atoms with Gasteiger partial charge in [-0.3, -0.25) is 4.79 Å². The number of carbonyl (C=O) groups is 1. The number of methoxy groups -OCH3 is 1. The van der Waals surface area contributed by atoms with Gasteiger partial charge in [-0.05, 0) is 54.8 Å². The minimum atomic E-state index is -3.68. The first kappa shape index (κ1) is 18.5. The van der Waals surface area contributed by atoms with Crippen LogP contribution in [0.5, 0.6) is 5.75 Å². The van der Waals surface area contributed by atoms with Crippen LogP contribution in [-0.4, -0.2) is 38.2 Å². The van der Waals surface area contributed by atoms with Crippen molar-refractivity contribution >= 4 is 15.8 Å². The van der Waals surface area contributed by atoms with Crippen molar-refractivity contribution in [1.82, 2.24) is 4.31 Å². The Bertz CT molecular complexity index is 879. The molecule has 1 heterocycles. The van der Waals surface area contributed by atoms with Crippen molar-refractivity contribution in [2.75, 3.05) is 13.7 Å². The molecule has 5 nitrogen and oxygen atoms in total. The predicted molar refractivity (Wildman–Crippen MR) is 96.1 cm³/mol. The van der Waals surface area contributed by atoms with Gasteiger partial charge in [-0.2, -0.15) is 4.31 Å². The molecule has 1 aliphatic heterocycles. The van der Waals surface area contributed by atoms with Gasteiger partial charge in [-0.25, -0.2) is 12.8 Å². The summed E-state index contributed by atoms with van der Waals surface area (Å²) in [5.41, 5.74) is 0.952. The molecule has 1 atom stereocenters. The van der Waals surface area contributed by atoms with E-state index in [1.165, 1.54) is 35.7 Å². The Morgan fingerprint density at radius 2 is 1.81 bits per heavy atom. The normalized spacial score (nSPS) is 18.0. The van der Waals surface area contributed by atoms with Gasteiger partial charge in [-0.1, -0.05) is 12.1 Å². The van der Waals surface area contributed by atoms with Gasteiger partial charge in [-0.15, -0.1) is 0 Å². The van der Waals surface area contributed by atoms with Gasteiger partial charge in [0.25, 0.3) is 0 Å². The lowest BCUT2D eigenvalue weighted by atomic mass is 10.0. The van der Waals surface area contributed by atoms with Crippen LogP contribution < -0.4 is 4.74 Å². The summed E-state index contributed by atoms with van der Waals surface area (Å²) in [6.07, 6.45) is 1.13. The number of Topliss-reactive ketones (excluding diaryl/α,β-unsaturated/α-hetero) is 1. The van der Waals surface area contributed by atoms with Crippen molar-refractivity contribution in [3.8, 4) is 5.75 Å². The highest BCUT2D eigenvalue weighted by Gasteiger charge is 2.38. The van der Waals surface area contributed by atoms with E-state index in [9.17, 15) is 17.6 Å². The summed E-state index contributed by atoms with van der Waals surface area (Å²) in [5.74, 6) is -0.249. The van der Waals surface area contributed by atoms with Gasteiger partial charge >= 0.3 is 0 Å². The number of carbonyl (C=O) groups excluding carboxylic acids is 1. The zero-order valence-corrected chi connectivity index (χ0v) is 15.2. The van der Waals surface area contributed by atoms with Crippen molar-refractivity contribution in [2.24, 2.45) is 0 Å². The van der Waals surface area contributed by atoms with E-state index in [-0.39, 0.29) is 11.5 Å². The third-order valence-electron chi connectivity index (χ3n) is 4.50. The Morgan fingerprint density at radius 3 is 2.42 bits per heavy atom. The van der Waals surface area contributed by atoms with Crippen molar-refractivity contribution < 1.29 is 22.3 Å². The van der Waals surface area contributed by atoms with Crippen molar-refractivity contribution in [3.63, 3.8) is 0 Å². The van der Waals surface area contributed by atoms with Crippen LogP contribution in [-0.2, 0) is 15.8 Å². The Kier molecular flexibility index (Phi) is 5.38. The summed E-state index contributed by atoms with van der Waals surface area (Å²) in [6, 6.07) is 11.3. The molecule has 0 radical (unpaired) electrons. The largest absolute Gasteiger partial charge is 0.497 e. The molecule has 0 aromatic heterocycles. The average molecular weight is 377 g/mol. The van der Waals surface area contributed by atoms with Crippen LogP contribution in [0.2, 0.25) is 0 Å². The highest BCUT2D eigenvalue weighted by atomic mass is 32.2. The fourth-order valence-electron chi connectivity index (χ4n) is 3.16. The monoisotopic (exact) mass is 377 g/mol. The number of sulfonamides is 1. The molecule has 2 aromatic carbocycles. The molecular formula is C19H20FNO4S. The van der Waals surface area contributed by atoms with E-state index in [0.717, 1.165) is 0 Å². The van der Waals surface area contributed by atoms with Crippen molar-refractivity contribution in [3.05, 3.63) is 65.5 Å². The lowest BCUT2D eigenvalue weighted by Crippen LogP contribution is -2.41. The number of hydrogen-bond acceptors (Lipinski definition) is 4. The van der Waals surface area contributed by atoms with Gasteiger partial charge in [0.15, 0.2) is 5.78 Å². The zero-order valence-electron chi connectivity index (χ0n) is 14.4. The predicted octanol–water partition coefficient (Wildman–Crippen LogP) is 3.01. The van der Waals surface area contributed by atoms with Crippen LogP contribution in [0.1, 0.15) is 28.8 Å². The van der Waals surface area contributed by atoms with Gasteiger partial charge in [0, 0.05) is 12.1 Å². The topological polar surface area (TPSA) is 63.7 Å². The molecule has 0 N–H and O–H groups in total. The second kappa shape index (κ2) is 7.55. The van der Waals surface area contributed by atoms with E-state index in [0.29, 0.717) is 36.3 Å². The van der Waals surface area contributed by atoms with Gasteiger partial charge in [0.05, 0.1) is 18.9 Å². The summed E-state index contributed by atoms with van der Waals surface area (Å²) >= 11 is 0. The molecule has 0 aliphatic carbocycles. The zero-order chi connectivity index (χ0) is 18.7. The summed E-state index contributed by atoms with van der Waals surface area (Å²) in [6.45, 7) is 0.316. The molecule has 0 saturated carbocycles. The van der Waals surface area contributed by atoms with E-state index in [2.05, 4.69) is 0 Å². The Hall–Kier alpha value is -2.25. The second-order valence-electron chi connectivity index (χ2n) is 6.24. The molecule has 1 saturated heterocycles. The van der Waals surface area contributed by atoms with E-state index in [1.54, 1.807) is 24.3 Å². The Labute approximate surface area is 152 Å². The molecule has 1 unspecified atom stereocenters. The molecule has 1 fully saturated rings. The Balaban J connectivity index is 1.79. The van der Waals surface area contributed by atoms with E-state index >= 15 is 0 Å². The van der Waals surface area contributed by atoms with Gasteiger partial charge < -0.3 is 4.74 Å². The minimum absolute atomic E-state index is 0.215. The maximum absolute atomic E-state index is 13.0. The number of benzene rings is 2. The summed E-state index contributed by atoms with van der Waals surface area (Å²) < 4.78 is 45.0. The molecule has 0 spiro atoms. The number of hydrogen-bond donors (Lipinski definition) is 0. The SMILES string of the molecule is COc1ccc(C(=O)C2CCCN2S(=O)(=O)Cc2ccc(F)cc2)cc1. The molecule has 1 aliphatic rings. The number of nitrogens with zero attached hydrogens (tertiary/aromatic N) is 1. The second-order valence-corrected chi connectivity index (χ2v) is 8.17. The lowest BCUT2D eigenvalue weighted by Gasteiger charge is -2.23. The van der Waals surface area contributed by atoms with Crippen LogP contribution in [0, 0.1) is 5.82 Å². The highest BCUT2D eigenvalue weighted by Crippen LogP contribution is 2.27. The molecular weight excluding hydrogens is 357 g/mol. The summed E-state index contributed by atoms with van der Waals surface area (Å²) in [4.78, 5) is 12.8. The summed E-state index contributed by atoms with van der Waals surface area (Å²) in [7, 11) is -2.14. The van der Waals surface area contributed by atoms with E-state index in [1.807, 2.05) is 0 Å². The molecule has 3 rings (SSSR count). The van der Waals surface area contributed by atoms with Gasteiger partial charge in [0.1, 0.15) is 11.6 Å². The number of ether oxygens (including phenoxy) is 1. The molecule has 138 valence electrons. The van der Waals surface area contributed by atoms with Crippen LogP contribution in [0.25, 0.3) is 0 Å². The fourth-order valence-corrected chi connectivity index (χ4v) is 4.93. The first-order chi connectivity index (χ1) is 12.4. The van der Waals surface area contributed by atoms with Crippen LogP contribution in [0.4, 0.5) is 4.39 Å². The third kappa shape index (κ3) is 3.94. The van der Waals surface area contributed by atoms with Crippen LogP contribution in [0.15, 0.2) is 48.5 Å². The maximum atomic E-state index is 13.0. The average Bonchev–Trinajstić information content (AvgIpc) is 3.14. The molecule has 26 heavy (non-hydrogen) atoms. The molecule has 7 heteroatoms. The first-order valence-electron chi connectivity index (χ1n) is 8.33. The molecule has 0 bridgehead atoms. The van der Waals surface area contributed by atoms with E-state index < -0.39 is 21.9 Å². The van der Waals surface area contributed by atoms with Crippen molar-refractivity contribution in [2.45, 2.75) is 24.6 Å². The minimum Gasteiger partial charge on any atom is -0.497 e. The smallest absolute Gasteiger partial charge is 0.218 e. The standard InChI is InChI=1S/C19H20FNO4S/c1-25-17-10-6-15(7-11-17)19(22)18-3-2-12-21(18)26(23,24)13-14-4-8-16(20)9-5-14/h4-11,18H,2-3,12-13H2,1H3. The van der Waals surface area contributed by atoms with Crippen molar-refractivity contribution in [1.29, 1.82) is 0 Å². The third-order valence-corrected chi connectivity index (χ3v) is 6.35. The Morgan fingerprint density at radius 1 is 1.15 bits per heavy atom. The van der Waals surface area contributed by atoms with E-state index in [4.69, 9.17) is 4.74 Å². The van der Waals surface area contributed by atoms with Crippen LogP contribution >= 0.6 is 0 Å². The molecule has 2 aromatic rings. The molecule has 0 amide bonds. The van der Waals surface area contributed by atoms with Crippen LogP contribution in [0.3, 0.4) is 0 Å². The van der Waals surface area contributed by atoms with Gasteiger partial charge in [0.2, 0.25) is 10.0 Å². The number of ketones is 1. The summed E-state index contributed by atoms with van der Waals surface area (Å²) in [5, 5.41) is 0. The fraction of sp³-hybridized carbons (Fsp3) is 0.316. The maximum Gasteiger partial charge on any atom is 0.218 e. The first-order valence-corrected chi connectivity index (χ1v) is 9.94. The quantitative estimate of drug-likeness (QED) is 0.726. The number of rotatable bonds is 6.